The molecule has 0 atom stereocenters. The zero-order valence-corrected chi connectivity index (χ0v) is 19.3. The number of ether oxygens (including phenoxy) is 1. The summed E-state index contributed by atoms with van der Waals surface area (Å²) in [6.45, 7) is 3.99. The lowest BCUT2D eigenvalue weighted by Crippen LogP contribution is -2.14. The number of halogens is 3. The summed E-state index contributed by atoms with van der Waals surface area (Å²) in [6.07, 6.45) is -2.81. The van der Waals surface area contributed by atoms with E-state index >= 15 is 0 Å². The molecular weight excluding hydrogens is 457 g/mol. The average Bonchev–Trinajstić information content (AvgIpc) is 2.82. The molecule has 35 heavy (non-hydrogen) atoms. The first-order valence-electron chi connectivity index (χ1n) is 10.8. The van der Waals surface area contributed by atoms with Crippen LogP contribution in [0.15, 0.2) is 66.9 Å². The quantitative estimate of drug-likeness (QED) is 0.334. The lowest BCUT2D eigenvalue weighted by atomic mass is 10.0. The van der Waals surface area contributed by atoms with Gasteiger partial charge < -0.3 is 15.4 Å². The highest BCUT2D eigenvalue weighted by Crippen LogP contribution is 2.35. The minimum Gasteiger partial charge on any atom is -0.496 e. The number of benzene rings is 3. The Morgan fingerprint density at radius 3 is 2.51 bits per heavy atom. The highest BCUT2D eigenvalue weighted by Gasteiger charge is 2.30. The van der Waals surface area contributed by atoms with Crippen LogP contribution in [-0.4, -0.2) is 29.0 Å². The van der Waals surface area contributed by atoms with E-state index in [0.29, 0.717) is 22.9 Å². The van der Waals surface area contributed by atoms with E-state index in [1.54, 1.807) is 31.5 Å². The zero-order chi connectivity index (χ0) is 25.2. The van der Waals surface area contributed by atoms with Crippen LogP contribution in [0.1, 0.15) is 29.8 Å². The van der Waals surface area contributed by atoms with Crippen LogP contribution < -0.4 is 15.4 Å². The van der Waals surface area contributed by atoms with Gasteiger partial charge in [-0.3, -0.25) is 4.79 Å². The number of hydrogen-bond acceptors (Lipinski definition) is 5. The zero-order valence-electron chi connectivity index (χ0n) is 19.3. The Labute approximate surface area is 200 Å². The van der Waals surface area contributed by atoms with E-state index in [-0.39, 0.29) is 11.6 Å². The van der Waals surface area contributed by atoms with Gasteiger partial charge in [0.05, 0.1) is 18.2 Å². The minimum absolute atomic E-state index is 0.0866. The van der Waals surface area contributed by atoms with Crippen molar-refractivity contribution in [3.05, 3.63) is 78.0 Å². The molecule has 1 heterocycles. The number of fused-ring (bicyclic) bond motifs is 1. The fraction of sp³-hybridized carbons (Fsp3) is 0.192. The Kier molecular flexibility index (Phi) is 6.59. The third-order valence-electron chi connectivity index (χ3n) is 5.20. The first-order valence-corrected chi connectivity index (χ1v) is 10.8. The van der Waals surface area contributed by atoms with Crippen molar-refractivity contribution in [2.24, 2.45) is 0 Å². The molecule has 1 amide bonds. The molecule has 0 bridgehead atoms. The molecule has 0 unspecified atom stereocenters. The van der Waals surface area contributed by atoms with Crippen molar-refractivity contribution >= 4 is 28.4 Å². The lowest BCUT2D eigenvalue weighted by Gasteiger charge is -2.14. The molecule has 0 spiro atoms. The Balaban J connectivity index is 1.64. The normalized spacial score (nSPS) is 11.5. The van der Waals surface area contributed by atoms with Gasteiger partial charge in [-0.15, -0.1) is 0 Å². The van der Waals surface area contributed by atoms with Crippen molar-refractivity contribution in [1.82, 2.24) is 9.97 Å². The van der Waals surface area contributed by atoms with Crippen LogP contribution in [0.5, 0.6) is 5.75 Å². The van der Waals surface area contributed by atoms with Gasteiger partial charge in [0.1, 0.15) is 5.75 Å². The Morgan fingerprint density at radius 1 is 1.03 bits per heavy atom. The Morgan fingerprint density at radius 2 is 1.80 bits per heavy atom. The van der Waals surface area contributed by atoms with Gasteiger partial charge in [0.25, 0.3) is 5.91 Å². The number of rotatable bonds is 6. The van der Waals surface area contributed by atoms with Crippen LogP contribution in [0.2, 0.25) is 0 Å². The van der Waals surface area contributed by atoms with Crippen LogP contribution in [-0.2, 0) is 6.18 Å². The smallest absolute Gasteiger partial charge is 0.416 e. The van der Waals surface area contributed by atoms with Gasteiger partial charge in [-0.1, -0.05) is 18.2 Å². The molecule has 4 aromatic rings. The average molecular weight is 480 g/mol. The summed E-state index contributed by atoms with van der Waals surface area (Å²) < 4.78 is 44.6. The highest BCUT2D eigenvalue weighted by atomic mass is 19.4. The molecule has 0 aliphatic carbocycles. The number of nitrogens with one attached hydrogen (secondary N) is 2. The lowest BCUT2D eigenvalue weighted by molar-refractivity contribution is -0.137. The van der Waals surface area contributed by atoms with Crippen LogP contribution in [0, 0.1) is 0 Å². The van der Waals surface area contributed by atoms with Crippen molar-refractivity contribution < 1.29 is 22.7 Å². The number of carbonyl (C=O) groups excluding carboxylic acids is 1. The van der Waals surface area contributed by atoms with E-state index in [2.05, 4.69) is 20.6 Å². The first kappa shape index (κ1) is 24.0. The standard InChI is InChI=1S/C26H23F3N4O2/c1-15(2)31-25-30-14-18-12-21(23(35-3)13-22(18)33-25)16-6-5-9-20(11-16)32-24(34)17-7-4-8-19(10-17)26(27,28)29/h4-15H,1-3H3,(H,32,34)(H,30,31,33). The SMILES string of the molecule is COc1cc2nc(NC(C)C)ncc2cc1-c1cccc(NC(=O)c2cccc(C(F)(F)F)c2)c1. The fourth-order valence-electron chi connectivity index (χ4n) is 3.59. The second kappa shape index (κ2) is 9.61. The predicted molar refractivity (Wildman–Crippen MR) is 130 cm³/mol. The molecule has 180 valence electrons. The number of carbonyl (C=O) groups is 1. The number of amides is 1. The third kappa shape index (κ3) is 5.51. The number of methoxy groups -OCH3 is 1. The molecule has 0 saturated carbocycles. The number of alkyl halides is 3. The molecule has 4 rings (SSSR count). The largest absolute Gasteiger partial charge is 0.496 e. The van der Waals surface area contributed by atoms with Crippen LogP contribution in [0.3, 0.4) is 0 Å². The van der Waals surface area contributed by atoms with Crippen molar-refractivity contribution in [2.75, 3.05) is 17.7 Å². The first-order chi connectivity index (χ1) is 16.6. The van der Waals surface area contributed by atoms with E-state index in [1.165, 1.54) is 12.1 Å². The summed E-state index contributed by atoms with van der Waals surface area (Å²) in [5, 5.41) is 6.63. The van der Waals surface area contributed by atoms with Crippen LogP contribution in [0.25, 0.3) is 22.0 Å². The Bertz CT molecular complexity index is 1390. The maximum atomic E-state index is 13.0. The molecule has 0 fully saturated rings. The van der Waals surface area contributed by atoms with E-state index < -0.39 is 17.6 Å². The van der Waals surface area contributed by atoms with Gasteiger partial charge in [0, 0.05) is 40.5 Å². The van der Waals surface area contributed by atoms with Gasteiger partial charge in [0.15, 0.2) is 0 Å². The molecule has 0 saturated heterocycles. The van der Waals surface area contributed by atoms with Crippen LogP contribution in [0.4, 0.5) is 24.8 Å². The van der Waals surface area contributed by atoms with Gasteiger partial charge in [-0.05, 0) is 55.8 Å². The van der Waals surface area contributed by atoms with Crippen LogP contribution >= 0.6 is 0 Å². The number of aromatic nitrogens is 2. The highest BCUT2D eigenvalue weighted by molar-refractivity contribution is 6.04. The van der Waals surface area contributed by atoms with Gasteiger partial charge >= 0.3 is 6.18 Å². The number of nitrogens with zero attached hydrogens (tertiary/aromatic N) is 2. The number of hydrogen-bond donors (Lipinski definition) is 2. The molecule has 2 N–H and O–H groups in total. The van der Waals surface area contributed by atoms with Crippen molar-refractivity contribution in [3.63, 3.8) is 0 Å². The Hall–Kier alpha value is -4.14. The summed E-state index contributed by atoms with van der Waals surface area (Å²) in [5.41, 5.74) is 1.67. The predicted octanol–water partition coefficient (Wildman–Crippen LogP) is 6.40. The van der Waals surface area contributed by atoms with Gasteiger partial charge in [-0.25, -0.2) is 9.97 Å². The van der Waals surface area contributed by atoms with E-state index in [9.17, 15) is 18.0 Å². The summed E-state index contributed by atoms with van der Waals surface area (Å²) in [6, 6.07) is 15.2. The van der Waals surface area contributed by atoms with E-state index in [0.717, 1.165) is 28.6 Å². The molecule has 0 radical (unpaired) electrons. The molecule has 0 aliphatic rings. The summed E-state index contributed by atoms with van der Waals surface area (Å²) in [4.78, 5) is 21.5. The minimum atomic E-state index is -4.53. The fourth-order valence-corrected chi connectivity index (χ4v) is 3.59. The summed E-state index contributed by atoms with van der Waals surface area (Å²) >= 11 is 0. The maximum Gasteiger partial charge on any atom is 0.416 e. The van der Waals surface area contributed by atoms with Crippen molar-refractivity contribution in [2.45, 2.75) is 26.1 Å². The molecule has 9 heteroatoms. The summed E-state index contributed by atoms with van der Waals surface area (Å²) in [7, 11) is 1.55. The van der Waals surface area contributed by atoms with Crippen molar-refractivity contribution in [1.29, 1.82) is 0 Å². The second-order valence-electron chi connectivity index (χ2n) is 8.22. The third-order valence-corrected chi connectivity index (χ3v) is 5.20. The molecular formula is C26H23F3N4O2. The number of anilines is 2. The van der Waals surface area contributed by atoms with Gasteiger partial charge in [-0.2, -0.15) is 13.2 Å². The van der Waals surface area contributed by atoms with Gasteiger partial charge in [0.2, 0.25) is 5.95 Å². The molecule has 6 nitrogen and oxygen atoms in total. The monoisotopic (exact) mass is 480 g/mol. The second-order valence-corrected chi connectivity index (χ2v) is 8.22. The van der Waals surface area contributed by atoms with Crippen molar-refractivity contribution in [3.8, 4) is 16.9 Å². The van der Waals surface area contributed by atoms with E-state index in [1.807, 2.05) is 32.0 Å². The maximum absolute atomic E-state index is 13.0. The molecule has 3 aromatic carbocycles. The topological polar surface area (TPSA) is 76.1 Å². The summed E-state index contributed by atoms with van der Waals surface area (Å²) in [5.74, 6) is 0.451. The van der Waals surface area contributed by atoms with E-state index in [4.69, 9.17) is 4.74 Å². The molecule has 0 aliphatic heterocycles. The molecule has 1 aromatic heterocycles.